The van der Waals surface area contributed by atoms with E-state index in [2.05, 4.69) is 5.32 Å². The van der Waals surface area contributed by atoms with Gasteiger partial charge in [-0.15, -0.1) is 0 Å². The maximum Gasteiger partial charge on any atom is 0.326 e. The summed E-state index contributed by atoms with van der Waals surface area (Å²) in [6.45, 7) is 0. The van der Waals surface area contributed by atoms with Crippen molar-refractivity contribution in [3.8, 4) is 17.2 Å². The quantitative estimate of drug-likeness (QED) is 0.401. The summed E-state index contributed by atoms with van der Waals surface area (Å²) < 4.78 is 0. The highest BCUT2D eigenvalue weighted by molar-refractivity contribution is 5.94. The second-order valence-electron chi connectivity index (χ2n) is 5.35. The molecule has 0 spiro atoms. The third-order valence-corrected chi connectivity index (χ3v) is 3.42. The van der Waals surface area contributed by atoms with Crippen LogP contribution in [0.2, 0.25) is 0 Å². The molecule has 2 rings (SSSR count). The lowest BCUT2D eigenvalue weighted by Crippen LogP contribution is -2.41. The molecule has 1 atom stereocenters. The third-order valence-electron chi connectivity index (χ3n) is 3.42. The van der Waals surface area contributed by atoms with Crippen molar-refractivity contribution in [3.05, 3.63) is 59.7 Å². The highest BCUT2D eigenvalue weighted by Gasteiger charge is 2.19. The van der Waals surface area contributed by atoms with E-state index >= 15 is 0 Å². The van der Waals surface area contributed by atoms with Crippen molar-refractivity contribution in [2.24, 2.45) is 0 Å². The molecule has 0 radical (unpaired) electrons. The number of phenols is 3. The highest BCUT2D eigenvalue weighted by Crippen LogP contribution is 2.25. The van der Waals surface area contributed by atoms with Crippen LogP contribution in [0, 0.1) is 0 Å². The summed E-state index contributed by atoms with van der Waals surface area (Å²) in [7, 11) is 0. The lowest BCUT2D eigenvalue weighted by molar-refractivity contribution is -0.141. The molecule has 0 heterocycles. The largest absolute Gasteiger partial charge is 0.508 e. The van der Waals surface area contributed by atoms with Gasteiger partial charge in [0.15, 0.2) is 11.5 Å². The Kier molecular flexibility index (Phi) is 5.62. The predicted molar refractivity (Wildman–Crippen MR) is 90.2 cm³/mol. The number of carbonyl (C=O) groups excluding carboxylic acids is 1. The molecule has 2 aromatic carbocycles. The van der Waals surface area contributed by atoms with E-state index < -0.39 is 17.9 Å². The number of carboxylic acid groups (broad SMARTS) is 1. The van der Waals surface area contributed by atoms with Crippen LogP contribution in [0.15, 0.2) is 48.5 Å². The summed E-state index contributed by atoms with van der Waals surface area (Å²) in [6, 6.07) is 8.93. The number of carbonyl (C=O) groups is 2. The van der Waals surface area contributed by atoms with Crippen LogP contribution in [0.25, 0.3) is 6.08 Å². The summed E-state index contributed by atoms with van der Waals surface area (Å²) in [6.07, 6.45) is 2.59. The van der Waals surface area contributed by atoms with E-state index in [0.29, 0.717) is 11.1 Å². The molecule has 25 heavy (non-hydrogen) atoms. The first-order valence-electron chi connectivity index (χ1n) is 7.36. The van der Waals surface area contributed by atoms with E-state index in [9.17, 15) is 30.0 Å². The van der Waals surface area contributed by atoms with Crippen LogP contribution in [0.5, 0.6) is 17.2 Å². The van der Waals surface area contributed by atoms with Gasteiger partial charge in [0.05, 0.1) is 0 Å². The standard InChI is InChI=1S/C18H17NO6/c20-13-5-1-11(2-6-13)9-14(18(24)25)19-17(23)8-4-12-3-7-15(21)16(22)10-12/h1-8,10,14,20-22H,9H2,(H,19,23)(H,24,25)/b8-4+/t14-/m1/s1. The number of benzene rings is 2. The Morgan fingerprint density at radius 2 is 1.68 bits per heavy atom. The van der Waals surface area contributed by atoms with E-state index in [1.807, 2.05) is 0 Å². The minimum absolute atomic E-state index is 0.0647. The van der Waals surface area contributed by atoms with E-state index in [-0.39, 0.29) is 23.7 Å². The van der Waals surface area contributed by atoms with Crippen molar-refractivity contribution in [1.82, 2.24) is 5.32 Å². The van der Waals surface area contributed by atoms with Gasteiger partial charge in [0, 0.05) is 12.5 Å². The second kappa shape index (κ2) is 7.87. The minimum Gasteiger partial charge on any atom is -0.508 e. The van der Waals surface area contributed by atoms with Crippen LogP contribution < -0.4 is 5.32 Å². The molecule has 2 aromatic rings. The zero-order valence-electron chi connectivity index (χ0n) is 13.1. The first-order chi connectivity index (χ1) is 11.8. The minimum atomic E-state index is -1.18. The van der Waals surface area contributed by atoms with Gasteiger partial charge in [0.1, 0.15) is 11.8 Å². The van der Waals surface area contributed by atoms with Crippen molar-refractivity contribution in [2.75, 3.05) is 0 Å². The van der Waals surface area contributed by atoms with Crippen LogP contribution >= 0.6 is 0 Å². The first kappa shape index (κ1) is 17.9. The fourth-order valence-corrected chi connectivity index (χ4v) is 2.10. The summed E-state index contributed by atoms with van der Waals surface area (Å²) >= 11 is 0. The molecule has 130 valence electrons. The van der Waals surface area contributed by atoms with E-state index in [1.54, 1.807) is 12.1 Å². The van der Waals surface area contributed by atoms with Crippen LogP contribution in [0.4, 0.5) is 0 Å². The molecule has 0 saturated carbocycles. The van der Waals surface area contributed by atoms with Crippen LogP contribution in [-0.4, -0.2) is 38.3 Å². The number of amides is 1. The molecule has 5 N–H and O–H groups in total. The van der Waals surface area contributed by atoms with Gasteiger partial charge in [-0.25, -0.2) is 4.79 Å². The summed E-state index contributed by atoms with van der Waals surface area (Å²) in [5, 5.41) is 39.5. The monoisotopic (exact) mass is 343 g/mol. The van der Waals surface area contributed by atoms with Gasteiger partial charge in [-0.3, -0.25) is 4.79 Å². The summed E-state index contributed by atoms with van der Waals surface area (Å²) in [5.41, 5.74) is 1.12. The number of aliphatic carboxylic acids is 1. The lowest BCUT2D eigenvalue weighted by Gasteiger charge is -2.13. The Labute approximate surface area is 143 Å². The second-order valence-corrected chi connectivity index (χ2v) is 5.35. The topological polar surface area (TPSA) is 127 Å². The number of hydrogen-bond donors (Lipinski definition) is 5. The Bertz CT molecular complexity index is 798. The van der Waals surface area contributed by atoms with Crippen molar-refractivity contribution >= 4 is 18.0 Å². The number of carboxylic acids is 1. The van der Waals surface area contributed by atoms with Gasteiger partial charge in [-0.05, 0) is 41.5 Å². The van der Waals surface area contributed by atoms with Gasteiger partial charge >= 0.3 is 5.97 Å². The van der Waals surface area contributed by atoms with Crippen LogP contribution in [0.3, 0.4) is 0 Å². The van der Waals surface area contributed by atoms with Crippen molar-refractivity contribution in [1.29, 1.82) is 0 Å². The molecule has 0 fully saturated rings. The van der Waals surface area contributed by atoms with Gasteiger partial charge in [-0.1, -0.05) is 18.2 Å². The summed E-state index contributed by atoms with van der Waals surface area (Å²) in [5.74, 6) is -2.32. The number of nitrogens with one attached hydrogen (secondary N) is 1. The van der Waals surface area contributed by atoms with Crippen molar-refractivity contribution < 1.29 is 30.0 Å². The average Bonchev–Trinajstić information content (AvgIpc) is 2.57. The molecule has 0 unspecified atom stereocenters. The lowest BCUT2D eigenvalue weighted by atomic mass is 10.1. The molecule has 0 bridgehead atoms. The average molecular weight is 343 g/mol. The summed E-state index contributed by atoms with van der Waals surface area (Å²) in [4.78, 5) is 23.2. The molecular formula is C18H17NO6. The molecule has 0 aliphatic rings. The van der Waals surface area contributed by atoms with E-state index in [1.165, 1.54) is 36.4 Å². The van der Waals surface area contributed by atoms with Gasteiger partial charge in [-0.2, -0.15) is 0 Å². The van der Waals surface area contributed by atoms with Crippen molar-refractivity contribution in [2.45, 2.75) is 12.5 Å². The predicted octanol–water partition coefficient (Wildman–Crippen LogP) is 1.63. The Morgan fingerprint density at radius 3 is 2.28 bits per heavy atom. The maximum absolute atomic E-state index is 11.9. The van der Waals surface area contributed by atoms with Gasteiger partial charge in [0.25, 0.3) is 0 Å². The van der Waals surface area contributed by atoms with Crippen LogP contribution in [-0.2, 0) is 16.0 Å². The Hall–Kier alpha value is -3.48. The van der Waals surface area contributed by atoms with E-state index in [4.69, 9.17) is 0 Å². The maximum atomic E-state index is 11.9. The third kappa shape index (κ3) is 5.28. The normalized spacial score (nSPS) is 12.0. The molecule has 7 heteroatoms. The zero-order valence-corrected chi connectivity index (χ0v) is 13.1. The highest BCUT2D eigenvalue weighted by atomic mass is 16.4. The van der Waals surface area contributed by atoms with Crippen LogP contribution in [0.1, 0.15) is 11.1 Å². The molecule has 1 amide bonds. The van der Waals surface area contributed by atoms with E-state index in [0.717, 1.165) is 6.08 Å². The molecule has 0 saturated heterocycles. The van der Waals surface area contributed by atoms with Gasteiger partial charge in [0.2, 0.25) is 5.91 Å². The fraction of sp³-hybridized carbons (Fsp3) is 0.111. The molecule has 0 aromatic heterocycles. The smallest absolute Gasteiger partial charge is 0.326 e. The number of rotatable bonds is 6. The molecule has 7 nitrogen and oxygen atoms in total. The zero-order chi connectivity index (χ0) is 18.4. The number of phenolic OH excluding ortho intramolecular Hbond substituents is 3. The molecule has 0 aliphatic heterocycles. The van der Waals surface area contributed by atoms with Crippen molar-refractivity contribution in [3.63, 3.8) is 0 Å². The Balaban J connectivity index is 2.01. The number of hydrogen-bond acceptors (Lipinski definition) is 5. The molecular weight excluding hydrogens is 326 g/mol. The van der Waals surface area contributed by atoms with Gasteiger partial charge < -0.3 is 25.7 Å². The fourth-order valence-electron chi connectivity index (χ4n) is 2.10. The number of aromatic hydroxyl groups is 3. The Morgan fingerprint density at radius 1 is 1.00 bits per heavy atom. The molecule has 0 aliphatic carbocycles. The SMILES string of the molecule is O=C(/C=C/c1ccc(O)c(O)c1)N[C@H](Cc1ccc(O)cc1)C(=O)O. The first-order valence-corrected chi connectivity index (χ1v) is 7.36.